The molecule has 2 rings (SSSR count). The molecule has 1 amide bonds. The Bertz CT molecular complexity index is 630. The fraction of sp³-hybridized carbons (Fsp3) is 0.400. The van der Waals surface area contributed by atoms with Gasteiger partial charge in [-0.3, -0.25) is 4.79 Å². The van der Waals surface area contributed by atoms with E-state index in [1.165, 1.54) is 18.2 Å². The highest BCUT2D eigenvalue weighted by atomic mass is 16.4. The Morgan fingerprint density at radius 3 is 2.39 bits per heavy atom. The second kappa shape index (κ2) is 7.10. The Morgan fingerprint density at radius 2 is 1.78 bits per heavy atom. The van der Waals surface area contributed by atoms with Gasteiger partial charge in [0.2, 0.25) is 0 Å². The van der Waals surface area contributed by atoms with Crippen LogP contribution in [0.3, 0.4) is 0 Å². The van der Waals surface area contributed by atoms with Crippen molar-refractivity contribution in [3.63, 3.8) is 0 Å². The number of amides is 1. The van der Waals surface area contributed by atoms with Crippen molar-refractivity contribution in [3.8, 4) is 0 Å². The van der Waals surface area contributed by atoms with E-state index in [1.807, 2.05) is 0 Å². The summed E-state index contributed by atoms with van der Waals surface area (Å²) < 4.78 is 0. The zero-order chi connectivity index (χ0) is 17.0. The van der Waals surface area contributed by atoms with Crippen molar-refractivity contribution in [1.82, 2.24) is 0 Å². The van der Waals surface area contributed by atoms with E-state index in [0.717, 1.165) is 19.3 Å². The predicted octanol–water partition coefficient (Wildman–Crippen LogP) is 1.12. The molecule has 1 aromatic carbocycles. The molecule has 0 aromatic heterocycles. The smallest absolute Gasteiger partial charge is 0.394 e. The van der Waals surface area contributed by atoms with Gasteiger partial charge in [-0.15, -0.1) is 0 Å². The van der Waals surface area contributed by atoms with Crippen LogP contribution in [0.4, 0.5) is 11.4 Å². The molecule has 1 aliphatic rings. The molecule has 0 saturated heterocycles. The fourth-order valence-electron chi connectivity index (χ4n) is 2.59. The summed E-state index contributed by atoms with van der Waals surface area (Å²) in [7, 11) is 0. The van der Waals surface area contributed by atoms with E-state index >= 15 is 0 Å². The lowest BCUT2D eigenvalue weighted by Crippen LogP contribution is -2.36. The van der Waals surface area contributed by atoms with Gasteiger partial charge in [-0.2, -0.15) is 0 Å². The van der Waals surface area contributed by atoms with Crippen LogP contribution < -0.4 is 10.6 Å². The van der Waals surface area contributed by atoms with Crippen LogP contribution in [0.15, 0.2) is 18.2 Å². The Hall–Kier alpha value is -2.61. The highest BCUT2D eigenvalue weighted by Crippen LogP contribution is 2.26. The topological polar surface area (TPSA) is 136 Å². The van der Waals surface area contributed by atoms with Gasteiger partial charge in [-0.05, 0) is 31.0 Å². The average Bonchev–Trinajstić information content (AvgIpc) is 2.49. The molecule has 8 nitrogen and oxygen atoms in total. The van der Waals surface area contributed by atoms with Crippen LogP contribution in [0.2, 0.25) is 0 Å². The van der Waals surface area contributed by atoms with E-state index in [9.17, 15) is 19.5 Å². The number of aliphatic hydroxyl groups is 1. The number of nitrogens with one attached hydrogen (secondary N) is 2. The van der Waals surface area contributed by atoms with E-state index in [2.05, 4.69) is 10.6 Å². The Morgan fingerprint density at radius 1 is 1.09 bits per heavy atom. The summed E-state index contributed by atoms with van der Waals surface area (Å²) >= 11 is 0. The zero-order valence-electron chi connectivity index (χ0n) is 12.3. The lowest BCUT2D eigenvalue weighted by atomic mass is 9.92. The average molecular weight is 322 g/mol. The number of hydrogen-bond acceptors (Lipinski definition) is 5. The summed E-state index contributed by atoms with van der Waals surface area (Å²) in [5.74, 6) is -4.31. The lowest BCUT2D eigenvalue weighted by molar-refractivity contribution is -0.147. The highest BCUT2D eigenvalue weighted by Gasteiger charge is 2.23. The number of rotatable bonds is 4. The molecule has 1 aromatic rings. The Balaban J connectivity index is 2.22. The number of aliphatic carboxylic acids is 1. The van der Waals surface area contributed by atoms with Gasteiger partial charge in [0.25, 0.3) is 0 Å². The standard InChI is InChI=1S/C15H18N2O6/c18-12-4-2-1-3-10(12)16-8-5-6-9(14(20)21)11(7-8)17-13(19)15(22)23/h5-7,10,12,16,18H,1-4H2,(H,17,19)(H,20,21)(H,22,23). The molecule has 0 bridgehead atoms. The van der Waals surface area contributed by atoms with Crippen LogP contribution in [0.5, 0.6) is 0 Å². The number of carbonyl (C=O) groups is 3. The van der Waals surface area contributed by atoms with Crippen LogP contribution in [-0.2, 0) is 9.59 Å². The third kappa shape index (κ3) is 4.19. The van der Waals surface area contributed by atoms with E-state index in [0.29, 0.717) is 12.1 Å². The van der Waals surface area contributed by atoms with Gasteiger partial charge in [0.1, 0.15) is 0 Å². The minimum absolute atomic E-state index is 0.111. The van der Waals surface area contributed by atoms with Gasteiger partial charge < -0.3 is 26.0 Å². The van der Waals surface area contributed by atoms with Crippen LogP contribution in [0.1, 0.15) is 36.0 Å². The third-order valence-electron chi connectivity index (χ3n) is 3.77. The SMILES string of the molecule is O=C(O)C(=O)Nc1cc(NC2CCCCC2O)ccc1C(=O)O. The predicted molar refractivity (Wildman–Crippen MR) is 81.6 cm³/mol. The van der Waals surface area contributed by atoms with Gasteiger partial charge >= 0.3 is 17.8 Å². The van der Waals surface area contributed by atoms with E-state index in [4.69, 9.17) is 10.2 Å². The summed E-state index contributed by atoms with van der Waals surface area (Å²) in [6.07, 6.45) is 2.90. The van der Waals surface area contributed by atoms with E-state index in [1.54, 1.807) is 0 Å². The lowest BCUT2D eigenvalue weighted by Gasteiger charge is -2.29. The van der Waals surface area contributed by atoms with Crippen molar-refractivity contribution in [2.24, 2.45) is 0 Å². The quantitative estimate of drug-likeness (QED) is 0.524. The van der Waals surface area contributed by atoms with Crippen LogP contribution in [0.25, 0.3) is 0 Å². The molecule has 0 aliphatic heterocycles. The maximum absolute atomic E-state index is 11.3. The van der Waals surface area contributed by atoms with Crippen molar-refractivity contribution >= 4 is 29.2 Å². The molecule has 2 unspecified atom stereocenters. The number of carboxylic acids is 2. The largest absolute Gasteiger partial charge is 0.478 e. The maximum Gasteiger partial charge on any atom is 0.394 e. The molecule has 1 fully saturated rings. The second-order valence-corrected chi connectivity index (χ2v) is 5.43. The fourth-order valence-corrected chi connectivity index (χ4v) is 2.59. The monoisotopic (exact) mass is 322 g/mol. The molecule has 1 aliphatic carbocycles. The number of carboxylic acid groups (broad SMARTS) is 2. The summed E-state index contributed by atoms with van der Waals surface area (Å²) in [6, 6.07) is 3.98. The molecule has 8 heteroatoms. The first-order chi connectivity index (χ1) is 10.9. The molecule has 2 atom stereocenters. The van der Waals surface area contributed by atoms with E-state index in [-0.39, 0.29) is 17.3 Å². The van der Waals surface area contributed by atoms with Crippen LogP contribution in [0, 0.1) is 0 Å². The van der Waals surface area contributed by atoms with Gasteiger partial charge in [0.15, 0.2) is 0 Å². The van der Waals surface area contributed by atoms with E-state index < -0.39 is 23.9 Å². The number of hydrogen-bond donors (Lipinski definition) is 5. The third-order valence-corrected chi connectivity index (χ3v) is 3.77. The summed E-state index contributed by atoms with van der Waals surface area (Å²) in [5.41, 5.74) is 0.177. The van der Waals surface area contributed by atoms with Crippen molar-refractivity contribution < 1.29 is 29.7 Å². The van der Waals surface area contributed by atoms with Gasteiger partial charge in [0, 0.05) is 5.69 Å². The number of carbonyl (C=O) groups excluding carboxylic acids is 1. The maximum atomic E-state index is 11.3. The van der Waals surface area contributed by atoms with Gasteiger partial charge in [-0.1, -0.05) is 12.8 Å². The number of anilines is 2. The van der Waals surface area contributed by atoms with Gasteiger partial charge in [0.05, 0.1) is 23.4 Å². The first kappa shape index (κ1) is 16.8. The number of benzene rings is 1. The molecule has 1 saturated carbocycles. The molecule has 5 N–H and O–H groups in total. The van der Waals surface area contributed by atoms with Crippen LogP contribution >= 0.6 is 0 Å². The molecule has 0 radical (unpaired) electrons. The summed E-state index contributed by atoms with van der Waals surface area (Å²) in [4.78, 5) is 33.1. The normalized spacial score (nSPS) is 20.6. The first-order valence-corrected chi connectivity index (χ1v) is 7.24. The minimum atomic E-state index is -1.71. The Kier molecular flexibility index (Phi) is 5.17. The van der Waals surface area contributed by atoms with Crippen molar-refractivity contribution in [2.75, 3.05) is 10.6 Å². The van der Waals surface area contributed by atoms with Crippen molar-refractivity contribution in [1.29, 1.82) is 0 Å². The Labute approximate surface area is 132 Å². The van der Waals surface area contributed by atoms with Gasteiger partial charge in [-0.25, -0.2) is 9.59 Å². The number of aliphatic hydroxyl groups excluding tert-OH is 1. The summed E-state index contributed by atoms with van der Waals surface area (Å²) in [5, 5.41) is 32.9. The molecule has 0 spiro atoms. The molecule has 124 valence electrons. The summed E-state index contributed by atoms with van der Waals surface area (Å²) in [6.45, 7) is 0. The molecular weight excluding hydrogens is 304 g/mol. The van der Waals surface area contributed by atoms with Crippen molar-refractivity contribution in [3.05, 3.63) is 23.8 Å². The highest BCUT2D eigenvalue weighted by molar-refractivity contribution is 6.36. The number of aromatic carboxylic acids is 1. The molecular formula is C15H18N2O6. The first-order valence-electron chi connectivity index (χ1n) is 7.24. The van der Waals surface area contributed by atoms with Crippen molar-refractivity contribution in [2.45, 2.75) is 37.8 Å². The molecule has 0 heterocycles. The second-order valence-electron chi connectivity index (χ2n) is 5.43. The zero-order valence-corrected chi connectivity index (χ0v) is 12.3. The van der Waals surface area contributed by atoms with Crippen LogP contribution in [-0.4, -0.2) is 45.3 Å². The minimum Gasteiger partial charge on any atom is -0.478 e. The molecule has 23 heavy (non-hydrogen) atoms.